The van der Waals surface area contributed by atoms with Crippen LogP contribution in [0.25, 0.3) is 10.8 Å². The summed E-state index contributed by atoms with van der Waals surface area (Å²) < 4.78 is 5.35. The van der Waals surface area contributed by atoms with Gasteiger partial charge in [0.2, 0.25) is 0 Å². The normalized spacial score (nSPS) is 15.9. The van der Waals surface area contributed by atoms with Crippen molar-refractivity contribution in [2.24, 2.45) is 0 Å². The first-order chi connectivity index (χ1) is 9.29. The lowest BCUT2D eigenvalue weighted by atomic mass is 10.0. The van der Waals surface area contributed by atoms with E-state index in [0.717, 1.165) is 42.8 Å². The quantitative estimate of drug-likeness (QED) is 0.864. The summed E-state index contributed by atoms with van der Waals surface area (Å²) in [7, 11) is 0. The number of hydrogen-bond donors (Lipinski definition) is 2. The van der Waals surface area contributed by atoms with Crippen molar-refractivity contribution in [1.29, 1.82) is 0 Å². The topological polar surface area (TPSA) is 52.9 Å². The Bertz CT molecular complexity index is 591. The molecule has 1 aliphatic rings. The molecule has 2 N–H and O–H groups in total. The highest BCUT2D eigenvalue weighted by molar-refractivity contribution is 5.90. The molecule has 19 heavy (non-hydrogen) atoms. The Morgan fingerprint density at radius 3 is 2.63 bits per heavy atom. The van der Waals surface area contributed by atoms with Gasteiger partial charge < -0.3 is 19.8 Å². The van der Waals surface area contributed by atoms with E-state index in [0.29, 0.717) is 5.56 Å². The van der Waals surface area contributed by atoms with E-state index in [-0.39, 0.29) is 12.4 Å². The number of nitrogens with zero attached hydrogens (tertiary/aromatic N) is 1. The van der Waals surface area contributed by atoms with Gasteiger partial charge in [-0.3, -0.25) is 0 Å². The number of aromatic hydroxyl groups is 1. The van der Waals surface area contributed by atoms with E-state index >= 15 is 0 Å². The minimum Gasteiger partial charge on any atom is -0.508 e. The van der Waals surface area contributed by atoms with Crippen LogP contribution in [0.3, 0.4) is 0 Å². The van der Waals surface area contributed by atoms with Crippen LogP contribution in [0, 0.1) is 0 Å². The van der Waals surface area contributed by atoms with E-state index in [4.69, 9.17) is 4.74 Å². The van der Waals surface area contributed by atoms with Gasteiger partial charge in [-0.15, -0.1) is 0 Å². The molecule has 2 aromatic rings. The molecule has 0 saturated carbocycles. The number of benzene rings is 2. The Hall–Kier alpha value is -1.78. The lowest BCUT2D eigenvalue weighted by molar-refractivity contribution is 0.122. The zero-order valence-corrected chi connectivity index (χ0v) is 10.7. The Balaban J connectivity index is 2.03. The zero-order valence-electron chi connectivity index (χ0n) is 10.7. The maximum Gasteiger partial charge on any atom is 0.121 e. The predicted octanol–water partition coefficient (Wildman–Crippen LogP) is 1.87. The van der Waals surface area contributed by atoms with Crippen molar-refractivity contribution in [3.8, 4) is 5.75 Å². The Labute approximate surface area is 111 Å². The molecule has 0 amide bonds. The number of morpholine rings is 1. The van der Waals surface area contributed by atoms with Gasteiger partial charge in [0.05, 0.1) is 19.8 Å². The lowest BCUT2D eigenvalue weighted by Crippen LogP contribution is -2.36. The molecule has 0 atom stereocenters. The molecule has 4 heteroatoms. The summed E-state index contributed by atoms with van der Waals surface area (Å²) in [6.45, 7) is 3.16. The fraction of sp³-hybridized carbons (Fsp3) is 0.333. The second-order valence-corrected chi connectivity index (χ2v) is 4.73. The highest BCUT2D eigenvalue weighted by Gasteiger charge is 2.12. The van der Waals surface area contributed by atoms with Crippen LogP contribution in [0.1, 0.15) is 5.56 Å². The monoisotopic (exact) mass is 259 g/mol. The largest absolute Gasteiger partial charge is 0.508 e. The van der Waals surface area contributed by atoms with Crippen LogP contribution >= 0.6 is 0 Å². The summed E-state index contributed by atoms with van der Waals surface area (Å²) in [5, 5.41) is 21.0. The number of ether oxygens (including phenoxy) is 1. The van der Waals surface area contributed by atoms with Crippen LogP contribution < -0.4 is 4.90 Å². The molecular formula is C15H17NO3. The van der Waals surface area contributed by atoms with Crippen molar-refractivity contribution in [2.75, 3.05) is 31.2 Å². The van der Waals surface area contributed by atoms with Crippen molar-refractivity contribution in [3.05, 3.63) is 35.9 Å². The van der Waals surface area contributed by atoms with Crippen LogP contribution in [-0.2, 0) is 11.3 Å². The van der Waals surface area contributed by atoms with E-state index in [1.807, 2.05) is 18.2 Å². The van der Waals surface area contributed by atoms with Crippen LogP contribution in [0.2, 0.25) is 0 Å². The first-order valence-corrected chi connectivity index (χ1v) is 6.48. The summed E-state index contributed by atoms with van der Waals surface area (Å²) >= 11 is 0. The molecule has 1 aliphatic heterocycles. The smallest absolute Gasteiger partial charge is 0.121 e. The molecule has 0 spiro atoms. The van der Waals surface area contributed by atoms with Gasteiger partial charge in [-0.1, -0.05) is 12.1 Å². The minimum atomic E-state index is -0.153. The molecule has 1 fully saturated rings. The summed E-state index contributed by atoms with van der Waals surface area (Å²) in [4.78, 5) is 2.29. The molecule has 3 rings (SSSR count). The minimum absolute atomic E-state index is 0.147. The number of phenols is 1. The van der Waals surface area contributed by atoms with Crippen molar-refractivity contribution < 1.29 is 14.9 Å². The van der Waals surface area contributed by atoms with Crippen LogP contribution in [0.4, 0.5) is 5.69 Å². The lowest BCUT2D eigenvalue weighted by Gasteiger charge is -2.29. The third kappa shape index (κ3) is 2.25. The highest BCUT2D eigenvalue weighted by Crippen LogP contribution is 2.30. The standard InChI is InChI=1S/C15H17NO3/c17-10-14-13-3-2-12(16-5-7-19-8-6-16)9-11(13)1-4-15(14)18/h1-4,9,17-18H,5-8,10H2. The van der Waals surface area contributed by atoms with Gasteiger partial charge in [0, 0.05) is 24.3 Å². The molecule has 0 aromatic heterocycles. The molecule has 2 aromatic carbocycles. The van der Waals surface area contributed by atoms with Gasteiger partial charge in [-0.05, 0) is 29.0 Å². The molecule has 0 aliphatic carbocycles. The van der Waals surface area contributed by atoms with E-state index in [2.05, 4.69) is 11.0 Å². The second kappa shape index (κ2) is 5.07. The van der Waals surface area contributed by atoms with Crippen LogP contribution in [0.5, 0.6) is 5.75 Å². The van der Waals surface area contributed by atoms with Crippen LogP contribution in [0.15, 0.2) is 30.3 Å². The SMILES string of the molecule is OCc1c(O)ccc2cc(N3CCOCC3)ccc12. The summed E-state index contributed by atoms with van der Waals surface area (Å²) in [5.74, 6) is 0.147. The average molecular weight is 259 g/mol. The number of rotatable bonds is 2. The maximum atomic E-state index is 9.74. The van der Waals surface area contributed by atoms with Gasteiger partial charge in [0.25, 0.3) is 0 Å². The zero-order chi connectivity index (χ0) is 13.2. The summed E-state index contributed by atoms with van der Waals surface area (Å²) in [6, 6.07) is 9.61. The fourth-order valence-electron chi connectivity index (χ4n) is 2.55. The number of fused-ring (bicyclic) bond motifs is 1. The average Bonchev–Trinajstić information content (AvgIpc) is 2.47. The molecular weight excluding hydrogens is 242 g/mol. The third-order valence-corrected chi connectivity index (χ3v) is 3.62. The molecule has 100 valence electrons. The molecule has 1 saturated heterocycles. The van der Waals surface area contributed by atoms with Crippen molar-refractivity contribution in [2.45, 2.75) is 6.61 Å². The number of hydrogen-bond acceptors (Lipinski definition) is 4. The van der Waals surface area contributed by atoms with Crippen molar-refractivity contribution in [1.82, 2.24) is 0 Å². The number of anilines is 1. The maximum absolute atomic E-state index is 9.74. The Morgan fingerprint density at radius 1 is 1.11 bits per heavy atom. The molecule has 0 unspecified atom stereocenters. The predicted molar refractivity (Wildman–Crippen MR) is 74.6 cm³/mol. The summed E-state index contributed by atoms with van der Waals surface area (Å²) in [6.07, 6.45) is 0. The van der Waals surface area contributed by atoms with Crippen molar-refractivity contribution in [3.63, 3.8) is 0 Å². The van der Waals surface area contributed by atoms with E-state index in [9.17, 15) is 10.2 Å². The first-order valence-electron chi connectivity index (χ1n) is 6.48. The molecule has 0 bridgehead atoms. The van der Waals surface area contributed by atoms with Crippen molar-refractivity contribution >= 4 is 16.5 Å². The fourth-order valence-corrected chi connectivity index (χ4v) is 2.55. The van der Waals surface area contributed by atoms with Gasteiger partial charge >= 0.3 is 0 Å². The number of aliphatic hydroxyl groups is 1. The van der Waals surface area contributed by atoms with E-state index in [1.165, 1.54) is 0 Å². The molecule has 4 nitrogen and oxygen atoms in total. The van der Waals surface area contributed by atoms with E-state index < -0.39 is 0 Å². The second-order valence-electron chi connectivity index (χ2n) is 4.73. The summed E-state index contributed by atoms with van der Waals surface area (Å²) in [5.41, 5.74) is 1.75. The van der Waals surface area contributed by atoms with Gasteiger partial charge in [0.1, 0.15) is 5.75 Å². The van der Waals surface area contributed by atoms with E-state index in [1.54, 1.807) is 6.07 Å². The Morgan fingerprint density at radius 2 is 1.89 bits per heavy atom. The Kier molecular flexibility index (Phi) is 3.27. The number of aliphatic hydroxyl groups excluding tert-OH is 1. The highest BCUT2D eigenvalue weighted by atomic mass is 16.5. The van der Waals surface area contributed by atoms with Gasteiger partial charge in [-0.2, -0.15) is 0 Å². The van der Waals surface area contributed by atoms with Gasteiger partial charge in [-0.25, -0.2) is 0 Å². The third-order valence-electron chi connectivity index (χ3n) is 3.62. The molecule has 1 heterocycles. The van der Waals surface area contributed by atoms with Gasteiger partial charge in [0.15, 0.2) is 0 Å². The first kappa shape index (κ1) is 12.3. The van der Waals surface area contributed by atoms with Crippen LogP contribution in [-0.4, -0.2) is 36.5 Å². The molecule has 0 radical (unpaired) electrons.